The van der Waals surface area contributed by atoms with Crippen LogP contribution in [0.5, 0.6) is 0 Å². The number of primary amides is 1. The molecule has 2 aliphatic carbocycles. The van der Waals surface area contributed by atoms with Gasteiger partial charge in [0.1, 0.15) is 5.54 Å². The van der Waals surface area contributed by atoms with Gasteiger partial charge in [0.25, 0.3) is 0 Å². The number of hydrogen-bond donors (Lipinski definition) is 2. The Morgan fingerprint density at radius 1 is 1.40 bits per heavy atom. The minimum atomic E-state index is -0.583. The van der Waals surface area contributed by atoms with Crippen LogP contribution >= 0.6 is 11.8 Å². The average molecular weight is 292 g/mol. The molecule has 1 aromatic heterocycles. The van der Waals surface area contributed by atoms with Gasteiger partial charge in [-0.15, -0.1) is 0 Å². The lowest BCUT2D eigenvalue weighted by atomic mass is 9.94. The number of hydrogen-bond acceptors (Lipinski definition) is 5. The van der Waals surface area contributed by atoms with E-state index in [4.69, 9.17) is 5.73 Å². The maximum atomic E-state index is 12.0. The lowest BCUT2D eigenvalue weighted by Gasteiger charge is -2.31. The number of nitrogens with zero attached hydrogens (tertiary/aromatic N) is 2. The minimum Gasteiger partial charge on any atom is -0.368 e. The Morgan fingerprint density at radius 3 is 2.55 bits per heavy atom. The lowest BCUT2D eigenvalue weighted by molar-refractivity contribution is -0.124. The van der Waals surface area contributed by atoms with Crippen molar-refractivity contribution in [3.05, 3.63) is 18.0 Å². The Morgan fingerprint density at radius 2 is 2.05 bits per heavy atom. The molecule has 108 valence electrons. The summed E-state index contributed by atoms with van der Waals surface area (Å²) in [6.07, 6.45) is 8.05. The van der Waals surface area contributed by atoms with Crippen molar-refractivity contribution in [2.45, 2.75) is 49.3 Å². The van der Waals surface area contributed by atoms with Gasteiger partial charge in [0.05, 0.1) is 0 Å². The van der Waals surface area contributed by atoms with Crippen molar-refractivity contribution in [1.29, 1.82) is 0 Å². The molecule has 0 radical (unpaired) electrons. The lowest BCUT2D eigenvalue weighted by Crippen LogP contribution is -2.60. The molecule has 2 aliphatic rings. The first kappa shape index (κ1) is 13.8. The van der Waals surface area contributed by atoms with Crippen LogP contribution in [0.2, 0.25) is 0 Å². The summed E-state index contributed by atoms with van der Waals surface area (Å²) in [6, 6.07) is 0.461. The number of aromatic nitrogens is 2. The summed E-state index contributed by atoms with van der Waals surface area (Å²) in [5.41, 5.74) is 6.17. The van der Waals surface area contributed by atoms with Crippen molar-refractivity contribution in [2.75, 3.05) is 5.75 Å². The fourth-order valence-corrected chi connectivity index (χ4v) is 3.50. The number of thioether (sulfide) groups is 1. The molecule has 5 nitrogen and oxygen atoms in total. The van der Waals surface area contributed by atoms with Gasteiger partial charge < -0.3 is 5.73 Å². The summed E-state index contributed by atoms with van der Waals surface area (Å²) in [5.74, 6) is 0.761. The normalized spacial score (nSPS) is 21.4. The number of nitrogens with one attached hydrogen (secondary N) is 1. The topological polar surface area (TPSA) is 80.9 Å². The van der Waals surface area contributed by atoms with E-state index in [1.165, 1.54) is 11.8 Å². The van der Waals surface area contributed by atoms with Gasteiger partial charge in [-0.1, -0.05) is 11.8 Å². The summed E-state index contributed by atoms with van der Waals surface area (Å²) < 4.78 is 0. The molecule has 0 aliphatic heterocycles. The van der Waals surface area contributed by atoms with E-state index in [1.54, 1.807) is 12.4 Å². The van der Waals surface area contributed by atoms with Crippen LogP contribution in [0.15, 0.2) is 17.6 Å². The Kier molecular flexibility index (Phi) is 3.69. The molecule has 0 bridgehead atoms. The van der Waals surface area contributed by atoms with Crippen molar-refractivity contribution in [2.24, 2.45) is 11.7 Å². The Hall–Kier alpha value is -1.14. The Balaban J connectivity index is 1.71. The molecule has 1 heterocycles. The maximum Gasteiger partial charge on any atom is 0.238 e. The van der Waals surface area contributed by atoms with E-state index in [2.05, 4.69) is 15.3 Å². The first-order valence-electron chi connectivity index (χ1n) is 7.09. The molecule has 0 aromatic carbocycles. The molecule has 0 spiro atoms. The molecular weight excluding hydrogens is 272 g/mol. The molecular formula is C14H20N4OS. The van der Waals surface area contributed by atoms with E-state index in [0.717, 1.165) is 31.2 Å². The molecule has 20 heavy (non-hydrogen) atoms. The zero-order chi connectivity index (χ0) is 14.2. The molecule has 1 unspecified atom stereocenters. The van der Waals surface area contributed by atoms with E-state index >= 15 is 0 Å². The summed E-state index contributed by atoms with van der Waals surface area (Å²) in [4.78, 5) is 20.6. The molecule has 3 rings (SSSR count). The third kappa shape index (κ3) is 2.96. The SMILES string of the molecule is Cc1cnc(SCC(NC2CC2)(C(N)=O)C2CC2)nc1. The van der Waals surface area contributed by atoms with E-state index in [1.807, 2.05) is 6.92 Å². The molecule has 1 aromatic rings. The number of nitrogens with two attached hydrogens (primary N) is 1. The van der Waals surface area contributed by atoms with Gasteiger partial charge in [-0.3, -0.25) is 10.1 Å². The van der Waals surface area contributed by atoms with Gasteiger partial charge in [-0.05, 0) is 44.1 Å². The highest BCUT2D eigenvalue weighted by atomic mass is 32.2. The summed E-state index contributed by atoms with van der Waals surface area (Å²) in [5, 5.41) is 4.20. The standard InChI is InChI=1S/C14H20N4OS/c1-9-6-16-13(17-7-9)20-8-14(12(15)19,10-2-3-10)18-11-4-5-11/h6-7,10-11,18H,2-5,8H2,1H3,(H2,15,19). The summed E-state index contributed by atoms with van der Waals surface area (Å²) in [7, 11) is 0. The van der Waals surface area contributed by atoms with E-state index in [0.29, 0.717) is 22.9 Å². The highest BCUT2D eigenvalue weighted by Crippen LogP contribution is 2.43. The molecule has 2 fully saturated rings. The van der Waals surface area contributed by atoms with E-state index < -0.39 is 5.54 Å². The fraction of sp³-hybridized carbons (Fsp3) is 0.643. The van der Waals surface area contributed by atoms with Crippen molar-refractivity contribution < 1.29 is 4.79 Å². The first-order chi connectivity index (χ1) is 9.60. The van der Waals surface area contributed by atoms with Crippen LogP contribution in [0.3, 0.4) is 0 Å². The smallest absolute Gasteiger partial charge is 0.238 e. The first-order valence-corrected chi connectivity index (χ1v) is 8.08. The third-order valence-electron chi connectivity index (χ3n) is 3.94. The molecule has 1 amide bonds. The fourth-order valence-electron chi connectivity index (χ4n) is 2.42. The van der Waals surface area contributed by atoms with E-state index in [-0.39, 0.29) is 5.91 Å². The number of carbonyl (C=O) groups is 1. The molecule has 1 atom stereocenters. The second-order valence-electron chi connectivity index (χ2n) is 5.86. The Labute approximate surface area is 123 Å². The monoisotopic (exact) mass is 292 g/mol. The van der Waals surface area contributed by atoms with Crippen LogP contribution in [0.25, 0.3) is 0 Å². The van der Waals surface area contributed by atoms with E-state index in [9.17, 15) is 4.79 Å². The largest absolute Gasteiger partial charge is 0.368 e. The summed E-state index contributed by atoms with van der Waals surface area (Å²) in [6.45, 7) is 1.96. The molecule has 6 heteroatoms. The maximum absolute atomic E-state index is 12.0. The number of amides is 1. The molecule has 2 saturated carbocycles. The average Bonchev–Trinajstić information content (AvgIpc) is 3.28. The number of rotatable bonds is 7. The van der Waals surface area contributed by atoms with Crippen molar-refractivity contribution in [3.63, 3.8) is 0 Å². The van der Waals surface area contributed by atoms with Gasteiger partial charge in [0.15, 0.2) is 5.16 Å². The van der Waals surface area contributed by atoms with Crippen LogP contribution in [-0.4, -0.2) is 33.2 Å². The van der Waals surface area contributed by atoms with Crippen LogP contribution in [0, 0.1) is 12.8 Å². The van der Waals surface area contributed by atoms with Gasteiger partial charge in [0.2, 0.25) is 5.91 Å². The zero-order valence-electron chi connectivity index (χ0n) is 11.6. The van der Waals surface area contributed by atoms with Gasteiger partial charge in [-0.25, -0.2) is 9.97 Å². The van der Waals surface area contributed by atoms with Gasteiger partial charge in [-0.2, -0.15) is 0 Å². The number of carbonyl (C=O) groups excluding carboxylic acids is 1. The van der Waals surface area contributed by atoms with Crippen molar-refractivity contribution in [1.82, 2.24) is 15.3 Å². The van der Waals surface area contributed by atoms with Crippen LogP contribution in [-0.2, 0) is 4.79 Å². The second kappa shape index (κ2) is 5.33. The highest BCUT2D eigenvalue weighted by molar-refractivity contribution is 7.99. The third-order valence-corrected chi connectivity index (χ3v) is 5.01. The quantitative estimate of drug-likeness (QED) is 0.584. The van der Waals surface area contributed by atoms with Crippen LogP contribution in [0.1, 0.15) is 31.2 Å². The molecule has 3 N–H and O–H groups in total. The van der Waals surface area contributed by atoms with Crippen molar-refractivity contribution in [3.8, 4) is 0 Å². The highest BCUT2D eigenvalue weighted by Gasteiger charge is 2.51. The number of aryl methyl sites for hydroxylation is 1. The predicted octanol–water partition coefficient (Wildman–Crippen LogP) is 1.26. The van der Waals surface area contributed by atoms with Gasteiger partial charge >= 0.3 is 0 Å². The van der Waals surface area contributed by atoms with Crippen molar-refractivity contribution >= 4 is 17.7 Å². The summed E-state index contributed by atoms with van der Waals surface area (Å²) >= 11 is 1.52. The Bertz CT molecular complexity index is 498. The van der Waals surface area contributed by atoms with Crippen LogP contribution in [0.4, 0.5) is 0 Å². The second-order valence-corrected chi connectivity index (χ2v) is 6.80. The van der Waals surface area contributed by atoms with Gasteiger partial charge in [0, 0.05) is 24.2 Å². The predicted molar refractivity (Wildman–Crippen MR) is 78.3 cm³/mol. The zero-order valence-corrected chi connectivity index (χ0v) is 12.4. The molecule has 0 saturated heterocycles. The van der Waals surface area contributed by atoms with Crippen LogP contribution < -0.4 is 11.1 Å². The minimum absolute atomic E-state index is 0.230.